The number of ether oxygens (including phenoxy) is 3. The summed E-state index contributed by atoms with van der Waals surface area (Å²) >= 11 is 0. The Hall–Kier alpha value is -1.59. The van der Waals surface area contributed by atoms with E-state index in [4.69, 9.17) is 14.2 Å². The Morgan fingerprint density at radius 1 is 1.26 bits per heavy atom. The Bertz CT molecular complexity index is 739. The zero-order valence-electron chi connectivity index (χ0n) is 15.6. The van der Waals surface area contributed by atoms with E-state index in [9.17, 15) is 18.5 Å². The number of benzene rings is 1. The van der Waals surface area contributed by atoms with Crippen molar-refractivity contribution in [2.45, 2.75) is 37.1 Å². The van der Waals surface area contributed by atoms with E-state index in [1.165, 1.54) is 16.4 Å². The molecule has 1 aromatic carbocycles. The molecular weight excluding hydrogens is 376 g/mol. The molecule has 1 aliphatic heterocycles. The number of rotatable bonds is 11. The highest BCUT2D eigenvalue weighted by atomic mass is 32.2. The molecule has 152 valence electrons. The molecule has 0 N–H and O–H groups in total. The third-order valence-electron chi connectivity index (χ3n) is 4.50. The van der Waals surface area contributed by atoms with Gasteiger partial charge in [-0.3, -0.25) is 10.1 Å². The van der Waals surface area contributed by atoms with Crippen LogP contribution in [0.3, 0.4) is 0 Å². The van der Waals surface area contributed by atoms with Gasteiger partial charge in [-0.25, -0.2) is 8.42 Å². The predicted molar refractivity (Wildman–Crippen MR) is 98.0 cm³/mol. The lowest BCUT2D eigenvalue weighted by molar-refractivity contribution is -0.385. The van der Waals surface area contributed by atoms with Crippen molar-refractivity contribution in [2.75, 3.05) is 40.3 Å². The summed E-state index contributed by atoms with van der Waals surface area (Å²) < 4.78 is 42.8. The van der Waals surface area contributed by atoms with Crippen LogP contribution in [0.5, 0.6) is 0 Å². The standard InChI is InChI=1S/C17H26N2O7S/c1-14-5-6-16(12-17(14)19(20)21)27(22,23)18-8-3-4-15(18)7-9-25-13-26-11-10-24-2/h5-6,12,15H,3-4,7-11,13H2,1-2H3/t15-/m1/s1. The zero-order valence-corrected chi connectivity index (χ0v) is 16.4. The third-order valence-corrected chi connectivity index (χ3v) is 6.45. The lowest BCUT2D eigenvalue weighted by Gasteiger charge is -2.24. The van der Waals surface area contributed by atoms with E-state index in [2.05, 4.69) is 0 Å². The first kappa shape index (κ1) is 21.7. The number of aryl methyl sites for hydroxylation is 1. The van der Waals surface area contributed by atoms with Crippen molar-refractivity contribution in [1.82, 2.24) is 4.31 Å². The highest BCUT2D eigenvalue weighted by Gasteiger charge is 2.35. The highest BCUT2D eigenvalue weighted by Crippen LogP contribution is 2.30. The first-order valence-electron chi connectivity index (χ1n) is 8.79. The quantitative estimate of drug-likeness (QED) is 0.241. The van der Waals surface area contributed by atoms with Gasteiger partial charge in [-0.2, -0.15) is 4.31 Å². The SMILES string of the molecule is COCCOCOCC[C@H]1CCCN1S(=O)(=O)c1ccc(C)c([N+](=O)[O-])c1. The second-order valence-electron chi connectivity index (χ2n) is 6.33. The normalized spacial score (nSPS) is 18.1. The molecule has 0 aromatic heterocycles. The second kappa shape index (κ2) is 10.1. The van der Waals surface area contributed by atoms with Gasteiger partial charge < -0.3 is 14.2 Å². The fourth-order valence-electron chi connectivity index (χ4n) is 3.03. The van der Waals surface area contributed by atoms with Crippen LogP contribution in [0.1, 0.15) is 24.8 Å². The Morgan fingerprint density at radius 3 is 2.70 bits per heavy atom. The van der Waals surface area contributed by atoms with Gasteiger partial charge in [0.25, 0.3) is 5.69 Å². The molecule has 0 saturated carbocycles. The summed E-state index contributed by atoms with van der Waals surface area (Å²) in [6, 6.07) is 3.85. The molecule has 0 amide bonds. The fourth-order valence-corrected chi connectivity index (χ4v) is 4.78. The van der Waals surface area contributed by atoms with Crippen LogP contribution in [0.15, 0.2) is 23.1 Å². The predicted octanol–water partition coefficient (Wildman–Crippen LogP) is 2.08. The maximum atomic E-state index is 13.0. The van der Waals surface area contributed by atoms with E-state index in [1.54, 1.807) is 14.0 Å². The molecule has 1 fully saturated rings. The number of hydrogen-bond donors (Lipinski definition) is 0. The van der Waals surface area contributed by atoms with Gasteiger partial charge in [-0.05, 0) is 32.3 Å². The van der Waals surface area contributed by atoms with Gasteiger partial charge in [-0.1, -0.05) is 6.07 Å². The van der Waals surface area contributed by atoms with Gasteiger partial charge in [0.2, 0.25) is 10.0 Å². The molecule has 0 spiro atoms. The molecule has 0 unspecified atom stereocenters. The van der Waals surface area contributed by atoms with Crippen LogP contribution in [-0.2, 0) is 24.2 Å². The summed E-state index contributed by atoms with van der Waals surface area (Å²) in [4.78, 5) is 10.5. The molecule has 1 atom stereocenters. The molecule has 1 heterocycles. The van der Waals surface area contributed by atoms with Gasteiger partial charge in [0.05, 0.1) is 29.6 Å². The Kier molecular flexibility index (Phi) is 8.11. The number of methoxy groups -OCH3 is 1. The van der Waals surface area contributed by atoms with Crippen LogP contribution in [0.25, 0.3) is 0 Å². The molecule has 0 bridgehead atoms. The first-order chi connectivity index (χ1) is 12.9. The van der Waals surface area contributed by atoms with Crippen molar-refractivity contribution in [3.63, 3.8) is 0 Å². The van der Waals surface area contributed by atoms with Gasteiger partial charge in [0.1, 0.15) is 6.79 Å². The molecule has 1 aromatic rings. The Labute approximate surface area is 159 Å². The molecule has 0 radical (unpaired) electrons. The molecule has 27 heavy (non-hydrogen) atoms. The van der Waals surface area contributed by atoms with Crippen molar-refractivity contribution in [3.05, 3.63) is 33.9 Å². The van der Waals surface area contributed by atoms with Crippen LogP contribution in [0.2, 0.25) is 0 Å². The summed E-state index contributed by atoms with van der Waals surface area (Å²) in [5, 5.41) is 11.1. The number of hydrogen-bond acceptors (Lipinski definition) is 7. The second-order valence-corrected chi connectivity index (χ2v) is 8.22. The molecule has 1 saturated heterocycles. The maximum Gasteiger partial charge on any atom is 0.273 e. The van der Waals surface area contributed by atoms with E-state index in [1.807, 2.05) is 0 Å². The van der Waals surface area contributed by atoms with E-state index >= 15 is 0 Å². The van der Waals surface area contributed by atoms with Crippen LogP contribution in [-0.4, -0.2) is 64.0 Å². The van der Waals surface area contributed by atoms with Crippen molar-refractivity contribution in [3.8, 4) is 0 Å². The van der Waals surface area contributed by atoms with Crippen LogP contribution in [0, 0.1) is 17.0 Å². The Balaban J connectivity index is 1.98. The first-order valence-corrected chi connectivity index (χ1v) is 10.2. The summed E-state index contributed by atoms with van der Waals surface area (Å²) in [7, 11) is -2.20. The number of nitro benzene ring substituents is 1. The number of nitrogens with zero attached hydrogens (tertiary/aromatic N) is 2. The maximum absolute atomic E-state index is 13.0. The lowest BCUT2D eigenvalue weighted by atomic mass is 10.2. The minimum absolute atomic E-state index is 0.0458. The third kappa shape index (κ3) is 5.69. The van der Waals surface area contributed by atoms with E-state index in [0.717, 1.165) is 18.9 Å². The van der Waals surface area contributed by atoms with Gasteiger partial charge in [0, 0.05) is 31.3 Å². The average molecular weight is 402 g/mol. The molecule has 1 aliphatic rings. The summed E-state index contributed by atoms with van der Waals surface area (Å²) in [5.41, 5.74) is 0.238. The van der Waals surface area contributed by atoms with Crippen LogP contribution < -0.4 is 0 Å². The fraction of sp³-hybridized carbons (Fsp3) is 0.647. The minimum atomic E-state index is -3.79. The van der Waals surface area contributed by atoms with Gasteiger partial charge >= 0.3 is 0 Å². The van der Waals surface area contributed by atoms with E-state index < -0.39 is 14.9 Å². The minimum Gasteiger partial charge on any atom is -0.382 e. The smallest absolute Gasteiger partial charge is 0.273 e. The highest BCUT2D eigenvalue weighted by molar-refractivity contribution is 7.89. The zero-order chi connectivity index (χ0) is 19.9. The molecular formula is C17H26N2O7S. The van der Waals surface area contributed by atoms with Crippen LogP contribution >= 0.6 is 0 Å². The molecule has 9 nitrogen and oxygen atoms in total. The summed E-state index contributed by atoms with van der Waals surface area (Å²) in [6.07, 6.45) is 2.03. The summed E-state index contributed by atoms with van der Waals surface area (Å²) in [6.45, 7) is 3.41. The van der Waals surface area contributed by atoms with Crippen molar-refractivity contribution < 1.29 is 27.6 Å². The largest absolute Gasteiger partial charge is 0.382 e. The molecule has 2 rings (SSSR count). The van der Waals surface area contributed by atoms with Crippen molar-refractivity contribution in [2.24, 2.45) is 0 Å². The Morgan fingerprint density at radius 2 is 2.00 bits per heavy atom. The monoisotopic (exact) mass is 402 g/mol. The number of nitro groups is 1. The van der Waals surface area contributed by atoms with E-state index in [-0.39, 0.29) is 23.4 Å². The topological polar surface area (TPSA) is 108 Å². The van der Waals surface area contributed by atoms with Gasteiger partial charge in [0.15, 0.2) is 0 Å². The number of sulfonamides is 1. The van der Waals surface area contributed by atoms with Gasteiger partial charge in [-0.15, -0.1) is 0 Å². The van der Waals surface area contributed by atoms with Crippen molar-refractivity contribution >= 4 is 15.7 Å². The van der Waals surface area contributed by atoms with Crippen molar-refractivity contribution in [1.29, 1.82) is 0 Å². The molecule has 10 heteroatoms. The van der Waals surface area contributed by atoms with Crippen LogP contribution in [0.4, 0.5) is 5.69 Å². The molecule has 0 aliphatic carbocycles. The lowest BCUT2D eigenvalue weighted by Crippen LogP contribution is -2.36. The average Bonchev–Trinajstić information content (AvgIpc) is 3.10. The summed E-state index contributed by atoms with van der Waals surface area (Å²) in [5.74, 6) is 0. The van der Waals surface area contributed by atoms with E-state index in [0.29, 0.717) is 38.3 Å².